The molecular weight excluding hydrogens is 649 g/mol. The molecule has 0 aliphatic heterocycles. The zero-order chi connectivity index (χ0) is 35.6. The normalized spacial score (nSPS) is 18.1. The van der Waals surface area contributed by atoms with Crippen molar-refractivity contribution in [2.45, 2.75) is 51.5 Å². The van der Waals surface area contributed by atoms with Gasteiger partial charge in [0.1, 0.15) is 17.9 Å². The fourth-order valence-electron chi connectivity index (χ4n) is 7.67. The number of sulfonamides is 1. The highest BCUT2D eigenvalue weighted by Gasteiger charge is 2.39. The van der Waals surface area contributed by atoms with Crippen LogP contribution in [0.25, 0.3) is 0 Å². The summed E-state index contributed by atoms with van der Waals surface area (Å²) in [6.07, 6.45) is 6.75. The van der Waals surface area contributed by atoms with Crippen molar-refractivity contribution >= 4 is 27.6 Å². The number of nitrogens with zero attached hydrogens (tertiary/aromatic N) is 2. The maximum atomic E-state index is 14.6. The first kappa shape index (κ1) is 35.1. The van der Waals surface area contributed by atoms with Crippen LogP contribution in [-0.4, -0.2) is 49.8 Å². The van der Waals surface area contributed by atoms with Crippen molar-refractivity contribution in [2.24, 2.45) is 17.8 Å². The lowest BCUT2D eigenvalue weighted by Crippen LogP contribution is -2.44. The van der Waals surface area contributed by atoms with Gasteiger partial charge in [-0.2, -0.15) is 4.31 Å². The summed E-state index contributed by atoms with van der Waals surface area (Å²) in [5, 5.41) is 10.3. The molecule has 0 aromatic heterocycles. The summed E-state index contributed by atoms with van der Waals surface area (Å²) in [5.41, 5.74) is 5.09. The van der Waals surface area contributed by atoms with Crippen LogP contribution in [0.4, 0.5) is 5.69 Å². The number of hydrogen-bond donors (Lipinski definition) is 1. The van der Waals surface area contributed by atoms with Crippen LogP contribution in [0, 0.1) is 38.5 Å². The molecule has 4 aromatic rings. The average molecular weight is 693 g/mol. The SMILES string of the molecule is Cc1cc(C)c(S(=O)(=O)N(C)CC(=O)N(CC2CC3C=CC2C3)c2ccc(C(=O)O)c(OCc3ccccc3)c2Cc2ccccc2)c(C)c1. The summed E-state index contributed by atoms with van der Waals surface area (Å²) in [6.45, 7) is 5.58. The van der Waals surface area contributed by atoms with Crippen molar-refractivity contribution in [3.05, 3.63) is 136 Å². The summed E-state index contributed by atoms with van der Waals surface area (Å²) in [6, 6.07) is 26.0. The maximum absolute atomic E-state index is 14.6. The molecule has 2 aliphatic rings. The molecule has 1 fully saturated rings. The Balaban J connectivity index is 1.44. The minimum Gasteiger partial charge on any atom is -0.488 e. The first-order chi connectivity index (χ1) is 23.9. The van der Waals surface area contributed by atoms with Gasteiger partial charge in [0.15, 0.2) is 0 Å². The number of aromatic carboxylic acids is 1. The Morgan fingerprint density at radius 2 is 1.50 bits per heavy atom. The minimum atomic E-state index is -4.02. The maximum Gasteiger partial charge on any atom is 0.339 e. The second-order valence-electron chi connectivity index (χ2n) is 13.7. The number of ether oxygens (including phenoxy) is 1. The summed E-state index contributed by atoms with van der Waals surface area (Å²) in [5.74, 6) is -0.383. The average Bonchev–Trinajstić information content (AvgIpc) is 3.70. The Kier molecular flexibility index (Phi) is 10.3. The molecule has 1 saturated carbocycles. The molecule has 4 aromatic carbocycles. The van der Waals surface area contributed by atoms with E-state index in [2.05, 4.69) is 12.2 Å². The van der Waals surface area contributed by atoms with E-state index in [1.54, 1.807) is 24.8 Å². The van der Waals surface area contributed by atoms with Crippen LogP contribution in [0.15, 0.2) is 102 Å². The molecule has 50 heavy (non-hydrogen) atoms. The highest BCUT2D eigenvalue weighted by molar-refractivity contribution is 7.89. The van der Waals surface area contributed by atoms with E-state index in [4.69, 9.17) is 4.74 Å². The molecule has 1 amide bonds. The van der Waals surface area contributed by atoms with Gasteiger partial charge in [0.25, 0.3) is 0 Å². The lowest BCUT2D eigenvalue weighted by atomic mass is 9.92. The minimum absolute atomic E-state index is 0.00381. The van der Waals surface area contributed by atoms with E-state index in [0.29, 0.717) is 47.2 Å². The number of likely N-dealkylation sites (N-methyl/N-ethyl adjacent to an activating group) is 1. The van der Waals surface area contributed by atoms with Crippen LogP contribution < -0.4 is 9.64 Å². The van der Waals surface area contributed by atoms with Crippen LogP contribution in [-0.2, 0) is 27.8 Å². The molecule has 260 valence electrons. The monoisotopic (exact) mass is 692 g/mol. The first-order valence-electron chi connectivity index (χ1n) is 17.0. The molecular formula is C41H44N2O6S. The lowest BCUT2D eigenvalue weighted by Gasteiger charge is -2.32. The number of amides is 1. The summed E-state index contributed by atoms with van der Waals surface area (Å²) < 4.78 is 35.5. The molecule has 0 saturated heterocycles. The number of anilines is 1. The Bertz CT molecular complexity index is 2000. The Morgan fingerprint density at radius 3 is 2.08 bits per heavy atom. The van der Waals surface area contributed by atoms with Crippen molar-refractivity contribution in [2.75, 3.05) is 25.0 Å². The number of carboxylic acid groups (broad SMARTS) is 1. The van der Waals surface area contributed by atoms with Crippen LogP contribution >= 0.6 is 0 Å². The third-order valence-corrected chi connectivity index (χ3v) is 12.1. The van der Waals surface area contributed by atoms with Gasteiger partial charge in [-0.1, -0.05) is 90.5 Å². The standard InChI is InChI=1S/C41H44N2O6S/c1-27-19-28(2)40(29(3)20-27)50(47,48)42(4)25-38(44)43(24-34-22-32-15-16-33(34)21-32)37-18-17-35(41(45)46)39(49-26-31-13-9-6-10-14-31)36(37)23-30-11-7-5-8-12-30/h5-20,32-34H,21-26H2,1-4H3,(H,45,46). The van der Waals surface area contributed by atoms with Crippen LogP contribution in [0.5, 0.6) is 5.75 Å². The van der Waals surface area contributed by atoms with Crippen molar-refractivity contribution in [3.63, 3.8) is 0 Å². The van der Waals surface area contributed by atoms with Gasteiger partial charge in [-0.25, -0.2) is 13.2 Å². The molecule has 1 N–H and O–H groups in total. The zero-order valence-corrected chi connectivity index (χ0v) is 29.8. The molecule has 0 radical (unpaired) electrons. The molecule has 6 rings (SSSR count). The second kappa shape index (κ2) is 14.6. The Labute approximate surface area is 295 Å². The van der Waals surface area contributed by atoms with Crippen LogP contribution in [0.2, 0.25) is 0 Å². The number of hydrogen-bond acceptors (Lipinski definition) is 5. The molecule has 0 spiro atoms. The topological polar surface area (TPSA) is 104 Å². The highest BCUT2D eigenvalue weighted by atomic mass is 32.2. The van der Waals surface area contributed by atoms with Gasteiger partial charge in [0.05, 0.1) is 17.1 Å². The van der Waals surface area contributed by atoms with E-state index in [-0.39, 0.29) is 28.7 Å². The smallest absolute Gasteiger partial charge is 0.339 e. The molecule has 8 nitrogen and oxygen atoms in total. The molecule has 3 unspecified atom stereocenters. The van der Waals surface area contributed by atoms with E-state index in [1.807, 2.05) is 79.7 Å². The Hall–Kier alpha value is -4.73. The van der Waals surface area contributed by atoms with Crippen molar-refractivity contribution < 1.29 is 27.9 Å². The lowest BCUT2D eigenvalue weighted by molar-refractivity contribution is -0.118. The van der Waals surface area contributed by atoms with E-state index >= 15 is 0 Å². The summed E-state index contributed by atoms with van der Waals surface area (Å²) >= 11 is 0. The van der Waals surface area contributed by atoms with E-state index < -0.39 is 28.4 Å². The Morgan fingerprint density at radius 1 is 0.860 bits per heavy atom. The summed E-state index contributed by atoms with van der Waals surface area (Å²) in [7, 11) is -2.57. The van der Waals surface area contributed by atoms with Gasteiger partial charge in [0.2, 0.25) is 15.9 Å². The van der Waals surface area contributed by atoms with Crippen molar-refractivity contribution in [1.29, 1.82) is 0 Å². The van der Waals surface area contributed by atoms with E-state index in [0.717, 1.165) is 33.8 Å². The molecule has 2 bridgehead atoms. The molecule has 9 heteroatoms. The number of benzene rings is 4. The van der Waals surface area contributed by atoms with Gasteiger partial charge in [-0.05, 0) is 85.8 Å². The third-order valence-electron chi connectivity index (χ3n) is 9.97. The number of rotatable bonds is 13. The van der Waals surface area contributed by atoms with E-state index in [1.165, 1.54) is 13.1 Å². The number of carbonyl (C=O) groups is 2. The zero-order valence-electron chi connectivity index (χ0n) is 29.0. The van der Waals surface area contributed by atoms with Crippen molar-refractivity contribution in [3.8, 4) is 5.75 Å². The van der Waals surface area contributed by atoms with Crippen LogP contribution in [0.3, 0.4) is 0 Å². The van der Waals surface area contributed by atoms with Crippen LogP contribution in [0.1, 0.15) is 56.6 Å². The molecule has 3 atom stereocenters. The van der Waals surface area contributed by atoms with Gasteiger partial charge < -0.3 is 14.7 Å². The molecule has 2 aliphatic carbocycles. The number of aryl methyl sites for hydroxylation is 3. The highest BCUT2D eigenvalue weighted by Crippen LogP contribution is 2.45. The second-order valence-corrected chi connectivity index (χ2v) is 15.7. The predicted octanol–water partition coefficient (Wildman–Crippen LogP) is 7.35. The predicted molar refractivity (Wildman–Crippen MR) is 195 cm³/mol. The van der Waals surface area contributed by atoms with Gasteiger partial charge in [-0.15, -0.1) is 0 Å². The van der Waals surface area contributed by atoms with Gasteiger partial charge in [0, 0.05) is 25.6 Å². The largest absolute Gasteiger partial charge is 0.488 e. The van der Waals surface area contributed by atoms with E-state index in [9.17, 15) is 23.1 Å². The number of carboxylic acids is 1. The van der Waals surface area contributed by atoms with Gasteiger partial charge >= 0.3 is 5.97 Å². The van der Waals surface area contributed by atoms with Crippen molar-refractivity contribution in [1.82, 2.24) is 4.31 Å². The third kappa shape index (κ3) is 7.39. The quantitative estimate of drug-likeness (QED) is 0.147. The fourth-order valence-corrected chi connectivity index (χ4v) is 9.19. The summed E-state index contributed by atoms with van der Waals surface area (Å²) in [4.78, 5) is 29.1. The van der Waals surface area contributed by atoms with Gasteiger partial charge in [-0.3, -0.25) is 4.79 Å². The molecule has 0 heterocycles. The fraction of sp³-hybridized carbons (Fsp3) is 0.317. The number of carbonyl (C=O) groups excluding carboxylic acids is 1. The number of allylic oxidation sites excluding steroid dienone is 2. The number of fused-ring (bicyclic) bond motifs is 2. The first-order valence-corrected chi connectivity index (χ1v) is 18.5.